The SMILES string of the molecule is CSCCOc1ccc(OB(Oc2ccc(OCCSC)cc2)Oc2ccc(OCCSC)cc2)cc1. The lowest BCUT2D eigenvalue weighted by Gasteiger charge is -2.17. The maximum Gasteiger partial charge on any atom is 0.864 e. The molecule has 0 amide bonds. The molecule has 0 aromatic heterocycles. The van der Waals surface area contributed by atoms with Crippen molar-refractivity contribution in [3.63, 3.8) is 0 Å². The molecule has 6 nitrogen and oxygen atoms in total. The number of hydrogen-bond donors (Lipinski definition) is 0. The van der Waals surface area contributed by atoms with Crippen LogP contribution in [-0.4, -0.2) is 63.2 Å². The topological polar surface area (TPSA) is 55.4 Å². The summed E-state index contributed by atoms with van der Waals surface area (Å²) in [6.45, 7) is 1.97. The van der Waals surface area contributed by atoms with E-state index in [0.29, 0.717) is 37.1 Å². The zero-order valence-corrected chi connectivity index (χ0v) is 23.9. The van der Waals surface area contributed by atoms with Crippen LogP contribution >= 0.6 is 35.3 Å². The maximum absolute atomic E-state index is 6.05. The van der Waals surface area contributed by atoms with Gasteiger partial charge in [-0.1, -0.05) is 0 Å². The van der Waals surface area contributed by atoms with Crippen molar-refractivity contribution in [2.75, 3.05) is 55.8 Å². The van der Waals surface area contributed by atoms with E-state index in [0.717, 1.165) is 34.5 Å². The van der Waals surface area contributed by atoms with E-state index in [9.17, 15) is 0 Å². The number of hydrogen-bond acceptors (Lipinski definition) is 9. The molecule has 0 aliphatic rings. The van der Waals surface area contributed by atoms with Gasteiger partial charge in [0, 0.05) is 17.3 Å². The van der Waals surface area contributed by atoms with E-state index in [4.69, 9.17) is 28.2 Å². The standard InChI is InChI=1S/C27H33BO6S3/c1-35-19-16-29-22-4-10-25(11-5-22)32-28(33-26-12-6-23(7-13-26)30-17-20-36-2)34-27-14-8-24(9-15-27)31-18-21-37-3/h4-15H,16-21H2,1-3H3. The van der Waals surface area contributed by atoms with Crippen molar-refractivity contribution in [1.29, 1.82) is 0 Å². The van der Waals surface area contributed by atoms with Crippen LogP contribution in [0.1, 0.15) is 0 Å². The minimum Gasteiger partial charge on any atom is -0.493 e. The molecule has 0 atom stereocenters. The Morgan fingerprint density at radius 2 is 0.676 bits per heavy atom. The van der Waals surface area contributed by atoms with Crippen LogP contribution in [0.15, 0.2) is 72.8 Å². The Balaban J connectivity index is 1.66. The van der Waals surface area contributed by atoms with Crippen LogP contribution in [0.3, 0.4) is 0 Å². The molecule has 0 spiro atoms. The zero-order chi connectivity index (χ0) is 26.1. The van der Waals surface area contributed by atoms with Gasteiger partial charge in [-0.15, -0.1) is 0 Å². The van der Waals surface area contributed by atoms with Crippen molar-refractivity contribution in [2.24, 2.45) is 0 Å². The molecule has 0 heterocycles. The third kappa shape index (κ3) is 11.2. The molecule has 0 fully saturated rings. The fourth-order valence-electron chi connectivity index (χ4n) is 2.98. The van der Waals surface area contributed by atoms with Gasteiger partial charge in [-0.2, -0.15) is 35.3 Å². The van der Waals surface area contributed by atoms with E-state index in [1.54, 1.807) is 35.3 Å². The van der Waals surface area contributed by atoms with Crippen molar-refractivity contribution >= 4 is 42.6 Å². The first kappa shape index (κ1) is 29.1. The van der Waals surface area contributed by atoms with E-state index < -0.39 is 7.32 Å². The molecule has 0 aliphatic heterocycles. The van der Waals surface area contributed by atoms with E-state index in [2.05, 4.69) is 18.8 Å². The predicted molar refractivity (Wildman–Crippen MR) is 159 cm³/mol. The van der Waals surface area contributed by atoms with Crippen LogP contribution in [0.4, 0.5) is 0 Å². The third-order valence-electron chi connectivity index (χ3n) is 4.84. The predicted octanol–water partition coefficient (Wildman–Crippen LogP) is 6.43. The van der Waals surface area contributed by atoms with E-state index in [1.807, 2.05) is 72.8 Å². The van der Waals surface area contributed by atoms with E-state index in [1.165, 1.54) is 0 Å². The van der Waals surface area contributed by atoms with Gasteiger partial charge in [0.2, 0.25) is 0 Å². The average molecular weight is 561 g/mol. The summed E-state index contributed by atoms with van der Waals surface area (Å²) in [6.07, 6.45) is 6.16. The summed E-state index contributed by atoms with van der Waals surface area (Å²) in [4.78, 5) is 0. The molecule has 3 aromatic carbocycles. The molecule has 10 heteroatoms. The molecule has 0 radical (unpaired) electrons. The minimum absolute atomic E-state index is 0.594. The number of rotatable bonds is 18. The highest BCUT2D eigenvalue weighted by atomic mass is 32.2. The van der Waals surface area contributed by atoms with Crippen LogP contribution in [0.2, 0.25) is 0 Å². The summed E-state index contributed by atoms with van der Waals surface area (Å²) in [5.41, 5.74) is 0. The highest BCUT2D eigenvalue weighted by molar-refractivity contribution is 7.99. The fraction of sp³-hybridized carbons (Fsp3) is 0.333. The molecule has 0 bridgehead atoms. The molecule has 0 N–H and O–H groups in total. The molecule has 0 aliphatic carbocycles. The Labute approximate surface area is 233 Å². The number of benzene rings is 3. The summed E-state index contributed by atoms with van der Waals surface area (Å²) in [5.74, 6) is 6.95. The second kappa shape index (κ2) is 17.2. The second-order valence-electron chi connectivity index (χ2n) is 7.58. The van der Waals surface area contributed by atoms with Crippen LogP contribution in [0, 0.1) is 0 Å². The van der Waals surface area contributed by atoms with Gasteiger partial charge in [0.1, 0.15) is 34.5 Å². The summed E-state index contributed by atoms with van der Waals surface area (Å²) >= 11 is 5.23. The van der Waals surface area contributed by atoms with Gasteiger partial charge in [-0.05, 0) is 91.6 Å². The van der Waals surface area contributed by atoms with Crippen LogP contribution in [0.25, 0.3) is 0 Å². The molecular formula is C27H33BO6S3. The Morgan fingerprint density at radius 1 is 0.432 bits per heavy atom. The van der Waals surface area contributed by atoms with Crippen LogP contribution in [0.5, 0.6) is 34.5 Å². The normalized spacial score (nSPS) is 10.5. The van der Waals surface area contributed by atoms with Gasteiger partial charge in [-0.3, -0.25) is 0 Å². The van der Waals surface area contributed by atoms with E-state index in [-0.39, 0.29) is 0 Å². The van der Waals surface area contributed by atoms with Crippen molar-refractivity contribution in [2.45, 2.75) is 0 Å². The monoisotopic (exact) mass is 560 g/mol. The first-order valence-electron chi connectivity index (χ1n) is 11.9. The quantitative estimate of drug-likeness (QED) is 0.129. The van der Waals surface area contributed by atoms with Crippen LogP contribution < -0.4 is 28.2 Å². The molecule has 0 unspecified atom stereocenters. The summed E-state index contributed by atoms with van der Waals surface area (Å²) < 4.78 is 35.3. The summed E-state index contributed by atoms with van der Waals surface area (Å²) in [7, 11) is -1.02. The molecule has 3 rings (SSSR count). The highest BCUT2D eigenvalue weighted by Crippen LogP contribution is 2.24. The third-order valence-corrected chi connectivity index (χ3v) is 6.56. The smallest absolute Gasteiger partial charge is 0.493 e. The Hall–Kier alpha value is -2.43. The molecule has 3 aromatic rings. The van der Waals surface area contributed by atoms with Crippen molar-refractivity contribution in [3.05, 3.63) is 72.8 Å². The Bertz CT molecular complexity index is 874. The molecule has 0 saturated heterocycles. The largest absolute Gasteiger partial charge is 0.864 e. The Morgan fingerprint density at radius 3 is 0.919 bits per heavy atom. The van der Waals surface area contributed by atoms with Crippen molar-refractivity contribution in [1.82, 2.24) is 0 Å². The average Bonchev–Trinajstić information content (AvgIpc) is 2.92. The molecule has 37 heavy (non-hydrogen) atoms. The lowest BCUT2D eigenvalue weighted by atomic mass is 10.2. The minimum atomic E-state index is -1.02. The van der Waals surface area contributed by atoms with Gasteiger partial charge in [0.05, 0.1) is 19.8 Å². The second-order valence-corrected chi connectivity index (χ2v) is 10.5. The first-order valence-corrected chi connectivity index (χ1v) is 16.0. The number of thioether (sulfide) groups is 3. The lowest BCUT2D eigenvalue weighted by molar-refractivity contribution is 0.304. The van der Waals surface area contributed by atoms with Gasteiger partial charge in [-0.25, -0.2) is 0 Å². The molecular weight excluding hydrogens is 527 g/mol. The highest BCUT2D eigenvalue weighted by Gasteiger charge is 2.30. The summed E-state index contributed by atoms with van der Waals surface area (Å²) in [6, 6.07) is 22.2. The maximum atomic E-state index is 6.05. The van der Waals surface area contributed by atoms with Gasteiger partial charge < -0.3 is 28.2 Å². The molecule has 198 valence electrons. The van der Waals surface area contributed by atoms with Gasteiger partial charge in [0.25, 0.3) is 0 Å². The first-order chi connectivity index (χ1) is 18.2. The lowest BCUT2D eigenvalue weighted by Crippen LogP contribution is -2.36. The van der Waals surface area contributed by atoms with E-state index >= 15 is 0 Å². The zero-order valence-electron chi connectivity index (χ0n) is 21.4. The van der Waals surface area contributed by atoms with Crippen molar-refractivity contribution < 1.29 is 28.2 Å². The van der Waals surface area contributed by atoms with Gasteiger partial charge >= 0.3 is 7.32 Å². The molecule has 0 saturated carbocycles. The summed E-state index contributed by atoms with van der Waals surface area (Å²) in [5, 5.41) is 0. The van der Waals surface area contributed by atoms with Crippen molar-refractivity contribution in [3.8, 4) is 34.5 Å². The van der Waals surface area contributed by atoms with Gasteiger partial charge in [0.15, 0.2) is 0 Å². The number of ether oxygens (including phenoxy) is 3. The fourth-order valence-corrected chi connectivity index (χ4v) is 3.73. The Kier molecular flexibility index (Phi) is 13.5. The van der Waals surface area contributed by atoms with Crippen LogP contribution in [-0.2, 0) is 0 Å².